The van der Waals surface area contributed by atoms with E-state index in [1.165, 1.54) is 12.8 Å². The van der Waals surface area contributed by atoms with Gasteiger partial charge in [0.25, 0.3) is 0 Å². The maximum Gasteiger partial charge on any atom is 0.147 e. The van der Waals surface area contributed by atoms with Crippen molar-refractivity contribution >= 4 is 27.5 Å². The molecule has 0 aliphatic heterocycles. The van der Waals surface area contributed by atoms with Gasteiger partial charge in [0.15, 0.2) is 0 Å². The van der Waals surface area contributed by atoms with Crippen LogP contribution in [0.25, 0.3) is 0 Å². The molecule has 0 spiro atoms. The Morgan fingerprint density at radius 2 is 2.00 bits per heavy atom. The lowest BCUT2D eigenvalue weighted by Crippen LogP contribution is -2.20. The van der Waals surface area contributed by atoms with Crippen LogP contribution in [0, 0.1) is 11.7 Å². The van der Waals surface area contributed by atoms with Gasteiger partial charge in [-0.15, -0.1) is 0 Å². The molecule has 0 saturated heterocycles. The molecule has 2 rings (SSSR count). The molecule has 2 N–H and O–H groups in total. The van der Waals surface area contributed by atoms with E-state index in [2.05, 4.69) is 15.9 Å². The van der Waals surface area contributed by atoms with Gasteiger partial charge in [-0.2, -0.15) is 0 Å². The largest absolute Gasteiger partial charge is 0.324 e. The number of rotatable bonds is 2. The molecule has 1 aromatic rings. The topological polar surface area (TPSA) is 26.0 Å². The van der Waals surface area contributed by atoms with E-state index in [9.17, 15) is 4.39 Å². The minimum atomic E-state index is -0.379. The molecular formula is C12H14BrClFN. The zero-order chi connectivity index (χ0) is 11.7. The monoisotopic (exact) mass is 305 g/mol. The Kier molecular flexibility index (Phi) is 3.88. The van der Waals surface area contributed by atoms with Gasteiger partial charge in [-0.05, 0) is 40.8 Å². The van der Waals surface area contributed by atoms with Gasteiger partial charge in [0, 0.05) is 16.1 Å². The smallest absolute Gasteiger partial charge is 0.147 e. The summed E-state index contributed by atoms with van der Waals surface area (Å²) in [5.74, 6) is 0.0159. The fourth-order valence-corrected chi connectivity index (χ4v) is 2.85. The molecule has 0 amide bonds. The number of hydrogen-bond acceptors (Lipinski definition) is 1. The lowest BCUT2D eigenvalue weighted by molar-refractivity contribution is 0.429. The summed E-state index contributed by atoms with van der Waals surface area (Å²) in [5.41, 5.74) is 6.65. The normalized spacial score (nSPS) is 19.0. The molecule has 0 bridgehead atoms. The van der Waals surface area contributed by atoms with Gasteiger partial charge in [0.1, 0.15) is 5.82 Å². The minimum Gasteiger partial charge on any atom is -0.324 e. The van der Waals surface area contributed by atoms with Gasteiger partial charge in [0.2, 0.25) is 0 Å². The second-order valence-corrected chi connectivity index (χ2v) is 5.57. The van der Waals surface area contributed by atoms with Gasteiger partial charge in [-0.1, -0.05) is 30.5 Å². The van der Waals surface area contributed by atoms with Crippen LogP contribution in [0.5, 0.6) is 0 Å². The first-order valence-electron chi connectivity index (χ1n) is 5.50. The van der Waals surface area contributed by atoms with Crippen molar-refractivity contribution in [3.05, 3.63) is 33.0 Å². The van der Waals surface area contributed by atoms with Crippen LogP contribution in [0.3, 0.4) is 0 Å². The maximum absolute atomic E-state index is 13.9. The van der Waals surface area contributed by atoms with E-state index >= 15 is 0 Å². The molecule has 0 heterocycles. The number of halogens is 3. The van der Waals surface area contributed by atoms with Gasteiger partial charge >= 0.3 is 0 Å². The van der Waals surface area contributed by atoms with Crippen molar-refractivity contribution < 1.29 is 4.39 Å². The molecule has 0 radical (unpaired) electrons. The Bertz CT molecular complexity index is 391. The quantitative estimate of drug-likeness (QED) is 0.804. The summed E-state index contributed by atoms with van der Waals surface area (Å²) >= 11 is 9.06. The highest BCUT2D eigenvalue weighted by molar-refractivity contribution is 9.10. The molecule has 88 valence electrons. The van der Waals surface area contributed by atoms with Crippen LogP contribution < -0.4 is 5.73 Å². The fraction of sp³-hybridized carbons (Fsp3) is 0.500. The van der Waals surface area contributed by atoms with Crippen LogP contribution in [-0.4, -0.2) is 0 Å². The van der Waals surface area contributed by atoms with Gasteiger partial charge in [-0.3, -0.25) is 0 Å². The number of hydrogen-bond donors (Lipinski definition) is 1. The summed E-state index contributed by atoms with van der Waals surface area (Å²) < 4.78 is 14.5. The van der Waals surface area contributed by atoms with E-state index in [-0.39, 0.29) is 16.9 Å². The summed E-state index contributed by atoms with van der Waals surface area (Å²) in [6, 6.07) is 3.26. The molecule has 1 nitrogen and oxygen atoms in total. The molecule has 1 unspecified atom stereocenters. The summed E-state index contributed by atoms with van der Waals surface area (Å²) in [7, 11) is 0. The first-order valence-corrected chi connectivity index (χ1v) is 6.67. The van der Waals surface area contributed by atoms with Crippen molar-refractivity contribution in [2.45, 2.75) is 31.7 Å². The van der Waals surface area contributed by atoms with Crippen molar-refractivity contribution in [2.75, 3.05) is 0 Å². The lowest BCUT2D eigenvalue weighted by atomic mass is 9.92. The van der Waals surface area contributed by atoms with E-state index in [0.717, 1.165) is 12.8 Å². The highest BCUT2D eigenvalue weighted by Crippen LogP contribution is 2.37. The number of nitrogens with two attached hydrogens (primary N) is 1. The van der Waals surface area contributed by atoms with Gasteiger partial charge in [0.05, 0.1) is 5.02 Å². The number of benzene rings is 1. The molecule has 0 aromatic heterocycles. The van der Waals surface area contributed by atoms with Crippen LogP contribution in [-0.2, 0) is 0 Å². The fourth-order valence-electron chi connectivity index (χ4n) is 2.37. The maximum atomic E-state index is 13.9. The van der Waals surface area contributed by atoms with Crippen molar-refractivity contribution in [2.24, 2.45) is 11.7 Å². The second kappa shape index (κ2) is 5.03. The highest BCUT2D eigenvalue weighted by atomic mass is 79.9. The average Bonchev–Trinajstić information content (AvgIpc) is 2.79. The third-order valence-corrected chi connectivity index (χ3v) is 4.59. The van der Waals surface area contributed by atoms with Crippen molar-refractivity contribution in [1.29, 1.82) is 0 Å². The summed E-state index contributed by atoms with van der Waals surface area (Å²) in [5, 5.41) is 0.131. The van der Waals surface area contributed by atoms with E-state index in [4.69, 9.17) is 17.3 Å². The molecule has 1 aliphatic rings. The summed E-state index contributed by atoms with van der Waals surface area (Å²) in [4.78, 5) is 0. The van der Waals surface area contributed by atoms with Crippen LogP contribution in [0.1, 0.15) is 37.3 Å². The third-order valence-electron chi connectivity index (χ3n) is 3.33. The lowest BCUT2D eigenvalue weighted by Gasteiger charge is -2.20. The van der Waals surface area contributed by atoms with Crippen molar-refractivity contribution in [1.82, 2.24) is 0 Å². The molecular weight excluding hydrogens is 292 g/mol. The Balaban J connectivity index is 2.29. The van der Waals surface area contributed by atoms with Crippen LogP contribution in [0.4, 0.5) is 4.39 Å². The van der Waals surface area contributed by atoms with Crippen LogP contribution in [0.2, 0.25) is 5.02 Å². The van der Waals surface area contributed by atoms with E-state index in [1.54, 1.807) is 12.1 Å². The third kappa shape index (κ3) is 2.27. The first kappa shape index (κ1) is 12.3. The highest BCUT2D eigenvalue weighted by Gasteiger charge is 2.26. The van der Waals surface area contributed by atoms with E-state index < -0.39 is 0 Å². The van der Waals surface area contributed by atoms with Crippen LogP contribution >= 0.6 is 27.5 Å². The van der Waals surface area contributed by atoms with Gasteiger partial charge in [-0.25, -0.2) is 4.39 Å². The predicted molar refractivity (Wildman–Crippen MR) is 68.0 cm³/mol. The standard InChI is InChI=1S/C12H14BrClFN/c13-9-6-5-8(11(15)10(9)14)12(16)7-3-1-2-4-7/h5-7,12H,1-4,16H2. The van der Waals surface area contributed by atoms with Gasteiger partial charge < -0.3 is 5.73 Å². The van der Waals surface area contributed by atoms with Crippen molar-refractivity contribution in [3.63, 3.8) is 0 Å². The minimum absolute atomic E-state index is 0.131. The predicted octanol–water partition coefficient (Wildman–Crippen LogP) is 4.43. The van der Waals surface area contributed by atoms with E-state index in [1.807, 2.05) is 0 Å². The molecule has 1 aromatic carbocycles. The summed E-state index contributed by atoms with van der Waals surface area (Å²) in [6.45, 7) is 0. The Labute approximate surface area is 108 Å². The molecule has 1 atom stereocenters. The van der Waals surface area contributed by atoms with E-state index in [0.29, 0.717) is 16.0 Å². The summed E-state index contributed by atoms with van der Waals surface area (Å²) in [6.07, 6.45) is 4.58. The zero-order valence-corrected chi connectivity index (χ0v) is 11.2. The zero-order valence-electron chi connectivity index (χ0n) is 8.85. The second-order valence-electron chi connectivity index (χ2n) is 4.33. The first-order chi connectivity index (χ1) is 7.61. The Morgan fingerprint density at radius 3 is 2.62 bits per heavy atom. The molecule has 1 aliphatic carbocycles. The van der Waals surface area contributed by atoms with Crippen LogP contribution in [0.15, 0.2) is 16.6 Å². The Hall–Kier alpha value is -0.120. The molecule has 1 saturated carbocycles. The average molecular weight is 307 g/mol. The van der Waals surface area contributed by atoms with Crippen molar-refractivity contribution in [3.8, 4) is 0 Å². The SMILES string of the molecule is NC(c1ccc(Br)c(Cl)c1F)C1CCCC1. The molecule has 16 heavy (non-hydrogen) atoms. The Morgan fingerprint density at radius 1 is 1.38 bits per heavy atom. The molecule has 4 heteroatoms. The molecule has 1 fully saturated rings.